The molecule has 3 amide bonds. The lowest BCUT2D eigenvalue weighted by molar-refractivity contribution is -0.159. The molecule has 2 N–H and O–H groups in total. The summed E-state index contributed by atoms with van der Waals surface area (Å²) in [5, 5.41) is 6.23. The minimum atomic E-state index is -3.38. The van der Waals surface area contributed by atoms with Crippen LogP contribution in [0, 0.1) is 5.82 Å². The highest BCUT2D eigenvalue weighted by atomic mass is 35.5. The van der Waals surface area contributed by atoms with E-state index in [4.69, 9.17) is 32.7 Å². The molecular formula is C31H26Cl2F3N3O6. The molecule has 45 heavy (non-hydrogen) atoms. The Balaban J connectivity index is 1.06. The minimum Gasteiger partial charge on any atom is -0.484 e. The summed E-state index contributed by atoms with van der Waals surface area (Å²) in [6, 6.07) is 13.8. The van der Waals surface area contributed by atoms with Gasteiger partial charge >= 0.3 is 6.11 Å². The Hall–Kier alpha value is -4.16. The first kappa shape index (κ1) is 30.8. The highest BCUT2D eigenvalue weighted by molar-refractivity contribution is 6.31. The summed E-state index contributed by atoms with van der Waals surface area (Å²) in [7, 11) is 0. The number of rotatable bonds is 9. The van der Waals surface area contributed by atoms with E-state index < -0.39 is 40.9 Å². The van der Waals surface area contributed by atoms with Gasteiger partial charge in [-0.2, -0.15) is 8.78 Å². The summed E-state index contributed by atoms with van der Waals surface area (Å²) in [6.45, 7) is 0.161. The van der Waals surface area contributed by atoms with Crippen LogP contribution in [-0.4, -0.2) is 54.2 Å². The Labute approximate surface area is 265 Å². The molecule has 236 valence electrons. The normalized spacial score (nSPS) is 23.0. The van der Waals surface area contributed by atoms with Crippen LogP contribution in [0.5, 0.6) is 17.2 Å². The summed E-state index contributed by atoms with van der Waals surface area (Å²) in [5.74, 6) is -1.64. The number of halogens is 5. The summed E-state index contributed by atoms with van der Waals surface area (Å²) in [5.41, 5.74) is -0.473. The van der Waals surface area contributed by atoms with Gasteiger partial charge in [0.1, 0.15) is 23.1 Å². The first-order chi connectivity index (χ1) is 21.2. The van der Waals surface area contributed by atoms with E-state index in [1.165, 1.54) is 41.3 Å². The number of hydrogen-bond acceptors (Lipinski definition) is 6. The number of carbonyl (C=O) groups excluding carboxylic acids is 3. The van der Waals surface area contributed by atoms with E-state index in [0.717, 1.165) is 6.07 Å². The Bertz CT molecular complexity index is 1660. The van der Waals surface area contributed by atoms with Crippen LogP contribution in [0.1, 0.15) is 36.5 Å². The van der Waals surface area contributed by atoms with Crippen LogP contribution in [0.3, 0.4) is 0 Å². The van der Waals surface area contributed by atoms with Crippen molar-refractivity contribution in [1.29, 1.82) is 0 Å². The molecule has 14 heteroatoms. The third-order valence-electron chi connectivity index (χ3n) is 7.85. The number of amides is 3. The number of hydrogen-bond donors (Lipinski definition) is 2. The van der Waals surface area contributed by atoms with E-state index >= 15 is 0 Å². The van der Waals surface area contributed by atoms with E-state index in [1.54, 1.807) is 18.2 Å². The Morgan fingerprint density at radius 2 is 1.64 bits per heavy atom. The molecule has 0 radical (unpaired) electrons. The summed E-state index contributed by atoms with van der Waals surface area (Å²) in [6.07, 6.45) is -2.94. The maximum absolute atomic E-state index is 13.6. The number of fused-ring (bicyclic) bond motifs is 1. The van der Waals surface area contributed by atoms with Crippen LogP contribution in [0.2, 0.25) is 10.0 Å². The molecule has 4 aliphatic rings. The van der Waals surface area contributed by atoms with Crippen molar-refractivity contribution in [3.8, 4) is 17.2 Å². The van der Waals surface area contributed by atoms with E-state index in [-0.39, 0.29) is 46.9 Å². The van der Waals surface area contributed by atoms with Crippen LogP contribution >= 0.6 is 23.2 Å². The van der Waals surface area contributed by atoms with Gasteiger partial charge in [-0.3, -0.25) is 14.4 Å². The van der Waals surface area contributed by atoms with Crippen molar-refractivity contribution in [1.82, 2.24) is 10.6 Å². The Kier molecular flexibility index (Phi) is 7.77. The molecule has 3 aromatic rings. The molecular weight excluding hydrogens is 638 g/mol. The first-order valence-electron chi connectivity index (χ1n) is 13.9. The maximum atomic E-state index is 13.6. The molecule has 3 aromatic carbocycles. The molecule has 3 saturated carbocycles. The van der Waals surface area contributed by atoms with Gasteiger partial charge in [-0.25, -0.2) is 4.39 Å². The quantitative estimate of drug-likeness (QED) is 0.312. The van der Waals surface area contributed by atoms with E-state index in [1.807, 2.05) is 0 Å². The smallest absolute Gasteiger partial charge is 0.394 e. The molecule has 1 atom stereocenters. The number of anilines is 1. The number of nitrogens with one attached hydrogen (secondary N) is 2. The fourth-order valence-corrected chi connectivity index (χ4v) is 6.34. The van der Waals surface area contributed by atoms with Crippen LogP contribution in [0.15, 0.2) is 60.7 Å². The van der Waals surface area contributed by atoms with Crippen molar-refractivity contribution < 1.29 is 41.8 Å². The largest absolute Gasteiger partial charge is 0.484 e. The molecule has 1 heterocycles. The van der Waals surface area contributed by atoms with E-state index in [0.29, 0.717) is 36.9 Å². The van der Waals surface area contributed by atoms with Crippen molar-refractivity contribution in [3.05, 3.63) is 82.1 Å². The molecule has 3 aliphatic carbocycles. The number of carbonyl (C=O) groups is 3. The molecule has 3 fully saturated rings. The summed E-state index contributed by atoms with van der Waals surface area (Å²) in [4.78, 5) is 40.8. The molecule has 1 unspecified atom stereocenters. The van der Waals surface area contributed by atoms with Crippen molar-refractivity contribution in [2.45, 2.75) is 49.5 Å². The monoisotopic (exact) mass is 663 g/mol. The highest BCUT2D eigenvalue weighted by Crippen LogP contribution is 2.60. The molecule has 9 nitrogen and oxygen atoms in total. The van der Waals surface area contributed by atoms with Crippen molar-refractivity contribution >= 4 is 46.6 Å². The van der Waals surface area contributed by atoms with Gasteiger partial charge in [0.05, 0.1) is 17.3 Å². The Morgan fingerprint density at radius 1 is 0.978 bits per heavy atom. The fourth-order valence-electron chi connectivity index (χ4n) is 6.06. The molecule has 0 spiro atoms. The van der Waals surface area contributed by atoms with Crippen molar-refractivity contribution in [2.75, 3.05) is 18.1 Å². The third-order valence-corrected chi connectivity index (χ3v) is 8.39. The van der Waals surface area contributed by atoms with Gasteiger partial charge in [-0.15, -0.1) is 0 Å². The van der Waals surface area contributed by atoms with Crippen LogP contribution < -0.4 is 29.7 Å². The average Bonchev–Trinajstić information content (AvgIpc) is 2.94. The highest BCUT2D eigenvalue weighted by Gasteiger charge is 2.69. The van der Waals surface area contributed by atoms with Gasteiger partial charge in [0.2, 0.25) is 0 Å². The zero-order valence-corrected chi connectivity index (χ0v) is 25.2. The van der Waals surface area contributed by atoms with Gasteiger partial charge in [-0.05, 0) is 73.9 Å². The number of nitrogens with zero attached hydrogens (tertiary/aromatic N) is 1. The minimum absolute atomic E-state index is 0.0519. The molecule has 0 aromatic heterocycles. The second-order valence-electron chi connectivity index (χ2n) is 11.6. The molecule has 2 bridgehead atoms. The van der Waals surface area contributed by atoms with Crippen LogP contribution in [0.25, 0.3) is 0 Å². The zero-order valence-electron chi connectivity index (χ0n) is 23.7. The topological polar surface area (TPSA) is 106 Å². The predicted octanol–water partition coefficient (Wildman–Crippen LogP) is 5.52. The molecule has 7 rings (SSSR count). The summed E-state index contributed by atoms with van der Waals surface area (Å²) >= 11 is 11.8. The van der Waals surface area contributed by atoms with Gasteiger partial charge in [0, 0.05) is 34.7 Å². The predicted molar refractivity (Wildman–Crippen MR) is 158 cm³/mol. The SMILES string of the molecule is CC(F)(F)Oc1ccc(C(=O)N2CC(C(=O)NC34CC(NC(=O)COc5ccc(Cl)c(F)c5)(C3)C4)Oc3ccc(Cl)cc32)cc1. The van der Waals surface area contributed by atoms with Crippen LogP contribution in [-0.2, 0) is 9.59 Å². The van der Waals surface area contributed by atoms with Gasteiger partial charge < -0.3 is 29.7 Å². The second-order valence-corrected chi connectivity index (χ2v) is 12.4. The number of alkyl halides is 2. The van der Waals surface area contributed by atoms with E-state index in [2.05, 4.69) is 15.4 Å². The standard InChI is InChI=1S/C31H26Cl2F3N3O6/c1-29(35,36)45-19-5-2-17(3-6-19)28(42)39-12-25(44-24-9-4-18(32)10-23(24)39)27(41)38-31-14-30(15-31,16-31)37-26(40)13-43-20-7-8-21(33)22(34)11-20/h2-11,25H,12-16H2,1H3,(H,37,40)(H,38,41). The summed E-state index contributed by atoms with van der Waals surface area (Å²) < 4.78 is 55.9. The third kappa shape index (κ3) is 6.48. The Morgan fingerprint density at radius 3 is 2.31 bits per heavy atom. The molecule has 0 saturated heterocycles. The van der Waals surface area contributed by atoms with Crippen molar-refractivity contribution in [3.63, 3.8) is 0 Å². The zero-order chi connectivity index (χ0) is 32.1. The second kappa shape index (κ2) is 11.3. The fraction of sp³-hybridized carbons (Fsp3) is 0.323. The molecule has 1 aliphatic heterocycles. The van der Waals surface area contributed by atoms with Crippen molar-refractivity contribution in [2.24, 2.45) is 0 Å². The van der Waals surface area contributed by atoms with Gasteiger partial charge in [0.25, 0.3) is 17.7 Å². The first-order valence-corrected chi connectivity index (χ1v) is 14.6. The van der Waals surface area contributed by atoms with Gasteiger partial charge in [-0.1, -0.05) is 23.2 Å². The van der Waals surface area contributed by atoms with E-state index in [9.17, 15) is 27.6 Å². The lowest BCUT2D eigenvalue weighted by atomic mass is 9.44. The lowest BCUT2D eigenvalue weighted by Crippen LogP contribution is -2.84. The number of ether oxygens (including phenoxy) is 3. The van der Waals surface area contributed by atoms with Crippen LogP contribution in [0.4, 0.5) is 18.9 Å². The average molecular weight is 664 g/mol. The maximum Gasteiger partial charge on any atom is 0.394 e. The lowest BCUT2D eigenvalue weighted by Gasteiger charge is -2.70. The van der Waals surface area contributed by atoms with Gasteiger partial charge in [0.15, 0.2) is 12.7 Å². The number of benzene rings is 3.